The number of amides is 1. The lowest BCUT2D eigenvalue weighted by molar-refractivity contribution is -0.122. The minimum Gasteiger partial charge on any atom is -0.496 e. The molecule has 0 bridgehead atoms. The number of halogens is 1. The quantitative estimate of drug-likeness (QED) is 0.878. The van der Waals surface area contributed by atoms with Gasteiger partial charge in [-0.2, -0.15) is 0 Å². The maximum absolute atomic E-state index is 11.8. The van der Waals surface area contributed by atoms with Gasteiger partial charge >= 0.3 is 0 Å². The first-order valence-corrected chi connectivity index (χ1v) is 6.63. The fraction of sp³-hybridized carbons (Fsp3) is 0.462. The van der Waals surface area contributed by atoms with E-state index in [1.165, 1.54) is 0 Å². The maximum atomic E-state index is 11.8. The number of hydrogen-bond donors (Lipinski definition) is 2. The minimum absolute atomic E-state index is 0.0167. The van der Waals surface area contributed by atoms with Gasteiger partial charge in [-0.15, -0.1) is 0 Å². The predicted molar refractivity (Wildman–Crippen MR) is 77.1 cm³/mol. The number of rotatable bonds is 5. The van der Waals surface area contributed by atoms with Crippen molar-refractivity contribution in [3.05, 3.63) is 22.7 Å². The fourth-order valence-corrected chi connectivity index (χ4v) is 2.02. The van der Waals surface area contributed by atoms with E-state index < -0.39 is 0 Å². The van der Waals surface area contributed by atoms with Crippen LogP contribution < -0.4 is 15.4 Å². The molecule has 0 heterocycles. The van der Waals surface area contributed by atoms with Crippen LogP contribution in [0.15, 0.2) is 22.7 Å². The molecule has 0 aliphatic carbocycles. The lowest BCUT2D eigenvalue weighted by atomic mass is 10.2. The number of nitrogens with one attached hydrogen (secondary N) is 2. The van der Waals surface area contributed by atoms with E-state index in [9.17, 15) is 4.79 Å². The van der Waals surface area contributed by atoms with Gasteiger partial charge in [-0.25, -0.2) is 0 Å². The molecule has 0 radical (unpaired) electrons. The van der Waals surface area contributed by atoms with E-state index in [0.29, 0.717) is 0 Å². The van der Waals surface area contributed by atoms with Gasteiger partial charge in [0.25, 0.3) is 0 Å². The smallest absolute Gasteiger partial charge is 0.242 e. The van der Waals surface area contributed by atoms with E-state index in [2.05, 4.69) is 26.6 Å². The molecule has 1 amide bonds. The number of carbonyl (C=O) groups excluding carboxylic acids is 1. The van der Waals surface area contributed by atoms with Crippen molar-refractivity contribution in [2.45, 2.75) is 32.9 Å². The number of anilines is 1. The van der Waals surface area contributed by atoms with Gasteiger partial charge in [-0.3, -0.25) is 4.79 Å². The van der Waals surface area contributed by atoms with Crippen LogP contribution in [0.25, 0.3) is 0 Å². The standard InChI is InChI=1S/C13H19BrN2O2/c1-8(2)15-13(17)9(3)16-10-5-6-12(18-4)11(14)7-10/h5-9,16H,1-4H3,(H,15,17). The molecule has 5 heteroatoms. The summed E-state index contributed by atoms with van der Waals surface area (Å²) >= 11 is 3.41. The van der Waals surface area contributed by atoms with Crippen LogP contribution in [-0.2, 0) is 4.79 Å². The largest absolute Gasteiger partial charge is 0.496 e. The Balaban J connectivity index is 2.67. The van der Waals surface area contributed by atoms with Gasteiger partial charge in [0.2, 0.25) is 5.91 Å². The van der Waals surface area contributed by atoms with Crippen LogP contribution in [-0.4, -0.2) is 25.1 Å². The summed E-state index contributed by atoms with van der Waals surface area (Å²) in [5.41, 5.74) is 0.870. The highest BCUT2D eigenvalue weighted by molar-refractivity contribution is 9.10. The summed E-state index contributed by atoms with van der Waals surface area (Å²) < 4.78 is 6.00. The number of ether oxygens (including phenoxy) is 1. The summed E-state index contributed by atoms with van der Waals surface area (Å²) in [4.78, 5) is 11.8. The Morgan fingerprint density at radius 3 is 2.50 bits per heavy atom. The summed E-state index contributed by atoms with van der Waals surface area (Å²) in [6, 6.07) is 5.47. The third kappa shape index (κ3) is 4.22. The molecule has 1 unspecified atom stereocenters. The highest BCUT2D eigenvalue weighted by Gasteiger charge is 2.13. The summed E-state index contributed by atoms with van der Waals surface area (Å²) in [5.74, 6) is 0.747. The van der Waals surface area contributed by atoms with Crippen molar-refractivity contribution < 1.29 is 9.53 Å². The van der Waals surface area contributed by atoms with Crippen molar-refractivity contribution >= 4 is 27.5 Å². The molecule has 0 aliphatic rings. The molecular weight excluding hydrogens is 296 g/mol. The van der Waals surface area contributed by atoms with Crippen molar-refractivity contribution in [3.63, 3.8) is 0 Å². The Morgan fingerprint density at radius 2 is 2.00 bits per heavy atom. The van der Waals surface area contributed by atoms with Crippen molar-refractivity contribution in [2.75, 3.05) is 12.4 Å². The van der Waals surface area contributed by atoms with Crippen LogP contribution in [0.5, 0.6) is 5.75 Å². The molecule has 2 N–H and O–H groups in total. The Morgan fingerprint density at radius 1 is 1.33 bits per heavy atom. The number of hydrogen-bond acceptors (Lipinski definition) is 3. The normalized spacial score (nSPS) is 12.1. The molecular formula is C13H19BrN2O2. The van der Waals surface area contributed by atoms with Crippen LogP contribution in [0.4, 0.5) is 5.69 Å². The predicted octanol–water partition coefficient (Wildman–Crippen LogP) is 2.78. The second-order valence-electron chi connectivity index (χ2n) is 4.38. The lowest BCUT2D eigenvalue weighted by Crippen LogP contribution is -2.40. The molecule has 1 rings (SSSR count). The minimum atomic E-state index is -0.285. The van der Waals surface area contributed by atoms with E-state index in [1.807, 2.05) is 39.0 Å². The Kier molecular flexibility index (Phi) is 5.47. The molecule has 0 saturated carbocycles. The first kappa shape index (κ1) is 14.8. The zero-order valence-electron chi connectivity index (χ0n) is 11.1. The summed E-state index contributed by atoms with van der Waals surface area (Å²) in [6.45, 7) is 5.71. The van der Waals surface area contributed by atoms with Crippen LogP contribution in [0.3, 0.4) is 0 Å². The second-order valence-corrected chi connectivity index (χ2v) is 5.23. The zero-order chi connectivity index (χ0) is 13.7. The lowest BCUT2D eigenvalue weighted by Gasteiger charge is -2.17. The highest BCUT2D eigenvalue weighted by Crippen LogP contribution is 2.27. The van der Waals surface area contributed by atoms with E-state index in [4.69, 9.17) is 4.74 Å². The van der Waals surface area contributed by atoms with Crippen molar-refractivity contribution in [1.82, 2.24) is 5.32 Å². The van der Waals surface area contributed by atoms with Crippen LogP contribution in [0, 0.1) is 0 Å². The van der Waals surface area contributed by atoms with Crippen LogP contribution in [0.2, 0.25) is 0 Å². The molecule has 0 aliphatic heterocycles. The Bertz CT molecular complexity index is 421. The number of carbonyl (C=O) groups is 1. The average molecular weight is 315 g/mol. The fourth-order valence-electron chi connectivity index (χ4n) is 1.48. The molecule has 1 aromatic carbocycles. The van der Waals surface area contributed by atoms with Crippen LogP contribution in [0.1, 0.15) is 20.8 Å². The number of benzene rings is 1. The first-order valence-electron chi connectivity index (χ1n) is 5.84. The van der Waals surface area contributed by atoms with Gasteiger partial charge in [-0.1, -0.05) is 0 Å². The van der Waals surface area contributed by atoms with Crippen molar-refractivity contribution in [3.8, 4) is 5.75 Å². The zero-order valence-corrected chi connectivity index (χ0v) is 12.7. The molecule has 0 fully saturated rings. The molecule has 100 valence electrons. The first-order chi connectivity index (χ1) is 8.43. The molecule has 1 atom stereocenters. The third-order valence-corrected chi connectivity index (χ3v) is 2.98. The average Bonchev–Trinajstić information content (AvgIpc) is 2.28. The van der Waals surface area contributed by atoms with E-state index in [0.717, 1.165) is 15.9 Å². The Hall–Kier alpha value is -1.23. The topological polar surface area (TPSA) is 50.4 Å². The summed E-state index contributed by atoms with van der Waals surface area (Å²) in [5, 5.41) is 6.00. The van der Waals surface area contributed by atoms with Gasteiger partial charge in [0.05, 0.1) is 11.6 Å². The monoisotopic (exact) mass is 314 g/mol. The highest BCUT2D eigenvalue weighted by atomic mass is 79.9. The van der Waals surface area contributed by atoms with Crippen molar-refractivity contribution in [1.29, 1.82) is 0 Å². The third-order valence-electron chi connectivity index (χ3n) is 2.36. The second kappa shape index (κ2) is 6.64. The van der Waals surface area contributed by atoms with Gasteiger partial charge in [0.15, 0.2) is 0 Å². The summed E-state index contributed by atoms with van der Waals surface area (Å²) in [7, 11) is 1.62. The molecule has 0 saturated heterocycles. The van der Waals surface area contributed by atoms with E-state index in [-0.39, 0.29) is 18.0 Å². The van der Waals surface area contributed by atoms with Gasteiger partial charge in [-0.05, 0) is 54.9 Å². The molecule has 0 spiro atoms. The molecule has 1 aromatic rings. The molecule has 18 heavy (non-hydrogen) atoms. The summed E-state index contributed by atoms with van der Waals surface area (Å²) in [6.07, 6.45) is 0. The maximum Gasteiger partial charge on any atom is 0.242 e. The van der Waals surface area contributed by atoms with E-state index >= 15 is 0 Å². The molecule has 4 nitrogen and oxygen atoms in total. The SMILES string of the molecule is COc1ccc(NC(C)C(=O)NC(C)C)cc1Br. The number of methoxy groups -OCH3 is 1. The molecule has 0 aromatic heterocycles. The van der Waals surface area contributed by atoms with Crippen molar-refractivity contribution in [2.24, 2.45) is 0 Å². The van der Waals surface area contributed by atoms with E-state index in [1.54, 1.807) is 7.11 Å². The van der Waals surface area contributed by atoms with Gasteiger partial charge < -0.3 is 15.4 Å². The van der Waals surface area contributed by atoms with Gasteiger partial charge in [0, 0.05) is 11.7 Å². The Labute approximate surface area is 116 Å². The van der Waals surface area contributed by atoms with Crippen LogP contribution >= 0.6 is 15.9 Å². The van der Waals surface area contributed by atoms with Gasteiger partial charge in [0.1, 0.15) is 11.8 Å².